The van der Waals surface area contributed by atoms with Gasteiger partial charge in [-0.05, 0) is 48.9 Å². The fourth-order valence-corrected chi connectivity index (χ4v) is 4.31. The fraction of sp³-hybridized carbons (Fsp3) is 0.160. The Hall–Kier alpha value is -3.71. The van der Waals surface area contributed by atoms with E-state index in [0.29, 0.717) is 12.3 Å². The molecule has 4 rings (SSSR count). The summed E-state index contributed by atoms with van der Waals surface area (Å²) in [5.74, 6) is -0.359. The molecule has 2 N–H and O–H groups in total. The van der Waals surface area contributed by atoms with Crippen LogP contribution in [0, 0.1) is 0 Å². The molecule has 1 atom stereocenters. The Bertz CT molecular complexity index is 1170. The van der Waals surface area contributed by atoms with E-state index in [-0.39, 0.29) is 12.4 Å². The molecule has 0 saturated heterocycles. The number of rotatable bonds is 7. The zero-order chi connectivity index (χ0) is 22.3. The first kappa shape index (κ1) is 21.5. The third-order valence-corrected chi connectivity index (χ3v) is 5.95. The molecule has 6 nitrogen and oxygen atoms in total. The second-order valence-corrected chi connectivity index (χ2v) is 8.17. The summed E-state index contributed by atoms with van der Waals surface area (Å²) >= 11 is 1.63. The lowest BCUT2D eigenvalue weighted by Crippen LogP contribution is -2.34. The summed E-state index contributed by atoms with van der Waals surface area (Å²) in [4.78, 5) is 29.3. The Kier molecular flexibility index (Phi) is 6.77. The van der Waals surface area contributed by atoms with Crippen LogP contribution in [0.15, 0.2) is 78.9 Å². The average molecular weight is 446 g/mol. The molecule has 2 amide bonds. The summed E-state index contributed by atoms with van der Waals surface area (Å²) in [7, 11) is 0. The maximum atomic E-state index is 12.6. The SMILES string of the molecule is CCOC(=O)CC(NC(=O)Nc1ccc(-c2nc3ccccc3s2)cc1)c1ccccc1. The predicted molar refractivity (Wildman–Crippen MR) is 128 cm³/mol. The van der Waals surface area contributed by atoms with Crippen molar-refractivity contribution in [3.63, 3.8) is 0 Å². The fourth-order valence-electron chi connectivity index (χ4n) is 3.34. The maximum Gasteiger partial charge on any atom is 0.319 e. The molecule has 3 aromatic carbocycles. The number of amides is 2. The molecule has 0 fully saturated rings. The number of fused-ring (bicyclic) bond motifs is 1. The molecule has 7 heteroatoms. The lowest BCUT2D eigenvalue weighted by atomic mass is 10.0. The van der Waals surface area contributed by atoms with Crippen LogP contribution in [-0.2, 0) is 9.53 Å². The first-order valence-electron chi connectivity index (χ1n) is 10.4. The van der Waals surface area contributed by atoms with Crippen molar-refractivity contribution in [2.45, 2.75) is 19.4 Å². The molecule has 0 saturated carbocycles. The third kappa shape index (κ3) is 5.31. The topological polar surface area (TPSA) is 80.3 Å². The van der Waals surface area contributed by atoms with Gasteiger partial charge in [-0.25, -0.2) is 9.78 Å². The van der Waals surface area contributed by atoms with Crippen molar-refractivity contribution in [1.29, 1.82) is 0 Å². The highest BCUT2D eigenvalue weighted by molar-refractivity contribution is 7.21. The third-order valence-electron chi connectivity index (χ3n) is 4.87. The number of nitrogens with zero attached hydrogens (tertiary/aromatic N) is 1. The van der Waals surface area contributed by atoms with Gasteiger partial charge in [0.2, 0.25) is 0 Å². The molecule has 0 bridgehead atoms. The summed E-state index contributed by atoms with van der Waals surface area (Å²) in [5, 5.41) is 6.64. The average Bonchev–Trinajstić information content (AvgIpc) is 3.24. The number of carbonyl (C=O) groups is 2. The zero-order valence-corrected chi connectivity index (χ0v) is 18.4. The standard InChI is InChI=1S/C25H23N3O3S/c1-2-31-23(29)16-21(17-8-4-3-5-9-17)28-25(30)26-19-14-12-18(13-15-19)24-27-20-10-6-7-11-22(20)32-24/h3-15,21H,2,16H2,1H3,(H2,26,28,30). The highest BCUT2D eigenvalue weighted by atomic mass is 32.1. The number of aromatic nitrogens is 1. The van der Waals surface area contributed by atoms with Crippen LogP contribution >= 0.6 is 11.3 Å². The van der Waals surface area contributed by atoms with E-state index in [1.165, 1.54) is 0 Å². The van der Waals surface area contributed by atoms with Crippen LogP contribution in [0.25, 0.3) is 20.8 Å². The molecule has 1 unspecified atom stereocenters. The highest BCUT2D eigenvalue weighted by Crippen LogP contribution is 2.30. The van der Waals surface area contributed by atoms with E-state index >= 15 is 0 Å². The Labute approximate surface area is 190 Å². The lowest BCUT2D eigenvalue weighted by molar-refractivity contribution is -0.143. The van der Waals surface area contributed by atoms with E-state index in [4.69, 9.17) is 4.74 Å². The van der Waals surface area contributed by atoms with Crippen LogP contribution < -0.4 is 10.6 Å². The van der Waals surface area contributed by atoms with E-state index < -0.39 is 12.1 Å². The molecule has 4 aromatic rings. The summed E-state index contributed by atoms with van der Waals surface area (Å²) in [5.41, 5.74) is 3.45. The van der Waals surface area contributed by atoms with E-state index in [0.717, 1.165) is 26.4 Å². The number of hydrogen-bond acceptors (Lipinski definition) is 5. The van der Waals surface area contributed by atoms with Gasteiger partial charge in [-0.2, -0.15) is 0 Å². The van der Waals surface area contributed by atoms with Gasteiger partial charge in [-0.1, -0.05) is 42.5 Å². The van der Waals surface area contributed by atoms with Crippen LogP contribution in [0.1, 0.15) is 24.9 Å². The number of benzene rings is 3. The summed E-state index contributed by atoms with van der Waals surface area (Å²) in [6, 6.07) is 24.0. The van der Waals surface area contributed by atoms with Gasteiger partial charge in [-0.15, -0.1) is 11.3 Å². The van der Waals surface area contributed by atoms with Gasteiger partial charge >= 0.3 is 12.0 Å². The molecule has 0 aliphatic carbocycles. The van der Waals surface area contributed by atoms with E-state index in [2.05, 4.69) is 21.7 Å². The molecular formula is C25H23N3O3S. The van der Waals surface area contributed by atoms with Crippen molar-refractivity contribution in [3.05, 3.63) is 84.4 Å². The minimum absolute atomic E-state index is 0.0574. The molecule has 32 heavy (non-hydrogen) atoms. The number of hydrogen-bond donors (Lipinski definition) is 2. The molecule has 0 spiro atoms. The quantitative estimate of drug-likeness (QED) is 0.353. The number of esters is 1. The van der Waals surface area contributed by atoms with Crippen LogP contribution in [-0.4, -0.2) is 23.6 Å². The summed E-state index contributed by atoms with van der Waals surface area (Å²) < 4.78 is 6.19. The first-order valence-corrected chi connectivity index (χ1v) is 11.2. The Morgan fingerprint density at radius 3 is 2.41 bits per heavy atom. The lowest BCUT2D eigenvalue weighted by Gasteiger charge is -2.19. The molecule has 1 aromatic heterocycles. The van der Waals surface area contributed by atoms with E-state index in [1.54, 1.807) is 18.3 Å². The molecule has 0 aliphatic rings. The van der Waals surface area contributed by atoms with Gasteiger partial charge in [0, 0.05) is 11.3 Å². The van der Waals surface area contributed by atoms with Crippen molar-refractivity contribution in [2.24, 2.45) is 0 Å². The predicted octanol–water partition coefficient (Wildman–Crippen LogP) is 5.78. The van der Waals surface area contributed by atoms with Gasteiger partial charge in [0.1, 0.15) is 5.01 Å². The first-order chi connectivity index (χ1) is 15.6. The normalized spacial score (nSPS) is 11.7. The molecule has 0 aliphatic heterocycles. The summed E-state index contributed by atoms with van der Waals surface area (Å²) in [6.07, 6.45) is 0.0574. The van der Waals surface area contributed by atoms with Crippen molar-refractivity contribution < 1.29 is 14.3 Å². The number of ether oxygens (including phenoxy) is 1. The number of nitrogens with one attached hydrogen (secondary N) is 2. The summed E-state index contributed by atoms with van der Waals surface area (Å²) in [6.45, 7) is 2.06. The highest BCUT2D eigenvalue weighted by Gasteiger charge is 2.19. The Morgan fingerprint density at radius 1 is 0.969 bits per heavy atom. The van der Waals surface area contributed by atoms with Crippen LogP contribution in [0.5, 0.6) is 0 Å². The second kappa shape index (κ2) is 10.1. The van der Waals surface area contributed by atoms with E-state index in [9.17, 15) is 9.59 Å². The van der Waals surface area contributed by atoms with Gasteiger partial charge in [0.15, 0.2) is 0 Å². The monoisotopic (exact) mass is 445 g/mol. The molecular weight excluding hydrogens is 422 g/mol. The zero-order valence-electron chi connectivity index (χ0n) is 17.6. The largest absolute Gasteiger partial charge is 0.466 e. The Balaban J connectivity index is 1.43. The maximum absolute atomic E-state index is 12.6. The second-order valence-electron chi connectivity index (χ2n) is 7.13. The van der Waals surface area contributed by atoms with Gasteiger partial charge in [-0.3, -0.25) is 4.79 Å². The number of anilines is 1. The Morgan fingerprint density at radius 2 is 1.69 bits per heavy atom. The van der Waals surface area contributed by atoms with Crippen molar-refractivity contribution in [1.82, 2.24) is 10.3 Å². The molecule has 1 heterocycles. The number of urea groups is 1. The van der Waals surface area contributed by atoms with Gasteiger partial charge in [0.25, 0.3) is 0 Å². The van der Waals surface area contributed by atoms with E-state index in [1.807, 2.05) is 72.8 Å². The number of para-hydroxylation sites is 1. The van der Waals surface area contributed by atoms with Crippen molar-refractivity contribution >= 4 is 39.2 Å². The smallest absolute Gasteiger partial charge is 0.319 e. The minimum Gasteiger partial charge on any atom is -0.466 e. The van der Waals surface area contributed by atoms with Crippen LogP contribution in [0.3, 0.4) is 0 Å². The van der Waals surface area contributed by atoms with Crippen molar-refractivity contribution in [3.8, 4) is 10.6 Å². The van der Waals surface area contributed by atoms with Gasteiger partial charge < -0.3 is 15.4 Å². The number of thiazole rings is 1. The number of carbonyl (C=O) groups excluding carboxylic acids is 2. The van der Waals surface area contributed by atoms with Crippen LogP contribution in [0.4, 0.5) is 10.5 Å². The molecule has 162 valence electrons. The van der Waals surface area contributed by atoms with Crippen LogP contribution in [0.2, 0.25) is 0 Å². The van der Waals surface area contributed by atoms with Gasteiger partial charge in [0.05, 0.1) is 29.3 Å². The van der Waals surface area contributed by atoms with Crippen molar-refractivity contribution in [2.75, 3.05) is 11.9 Å². The minimum atomic E-state index is -0.489. The molecule has 0 radical (unpaired) electrons.